The Balaban J connectivity index is 1.90. The maximum absolute atomic E-state index is 13.0. The SMILES string of the molecule is Cc1cccc(Oc2c(N)ccc3c2C(=O)c2ccccc2C3=O)c1. The van der Waals surface area contributed by atoms with Gasteiger partial charge in [0.1, 0.15) is 5.75 Å². The summed E-state index contributed by atoms with van der Waals surface area (Å²) in [5.74, 6) is 0.356. The summed E-state index contributed by atoms with van der Waals surface area (Å²) < 4.78 is 5.92. The quantitative estimate of drug-likeness (QED) is 0.561. The number of fused-ring (bicyclic) bond motifs is 2. The van der Waals surface area contributed by atoms with Crippen LogP contribution in [0.3, 0.4) is 0 Å². The number of rotatable bonds is 2. The highest BCUT2D eigenvalue weighted by atomic mass is 16.5. The van der Waals surface area contributed by atoms with Crippen LogP contribution < -0.4 is 10.5 Å². The Morgan fingerprint density at radius 1 is 0.800 bits per heavy atom. The number of ether oxygens (including phenoxy) is 1. The zero-order valence-corrected chi connectivity index (χ0v) is 13.6. The molecule has 25 heavy (non-hydrogen) atoms. The summed E-state index contributed by atoms with van der Waals surface area (Å²) in [6, 6.07) is 17.4. The van der Waals surface area contributed by atoms with Crippen molar-refractivity contribution in [2.45, 2.75) is 6.92 Å². The Kier molecular flexibility index (Phi) is 3.39. The number of carbonyl (C=O) groups excluding carboxylic acids is 2. The van der Waals surface area contributed by atoms with Crippen molar-refractivity contribution in [2.75, 3.05) is 5.73 Å². The minimum Gasteiger partial charge on any atom is -0.454 e. The number of anilines is 1. The van der Waals surface area contributed by atoms with Crippen molar-refractivity contribution in [1.29, 1.82) is 0 Å². The van der Waals surface area contributed by atoms with Gasteiger partial charge in [0.15, 0.2) is 17.3 Å². The molecule has 0 spiro atoms. The molecule has 0 saturated heterocycles. The van der Waals surface area contributed by atoms with Gasteiger partial charge in [-0.2, -0.15) is 0 Å². The van der Waals surface area contributed by atoms with Crippen LogP contribution in [-0.4, -0.2) is 11.6 Å². The van der Waals surface area contributed by atoms with Crippen LogP contribution in [0, 0.1) is 6.92 Å². The lowest BCUT2D eigenvalue weighted by Gasteiger charge is -2.21. The van der Waals surface area contributed by atoms with Crippen molar-refractivity contribution in [2.24, 2.45) is 0 Å². The Labute approximate surface area is 144 Å². The minimum absolute atomic E-state index is 0.195. The van der Waals surface area contributed by atoms with E-state index in [1.165, 1.54) is 0 Å². The predicted molar refractivity (Wildman–Crippen MR) is 95.4 cm³/mol. The second-order valence-corrected chi connectivity index (χ2v) is 6.03. The highest BCUT2D eigenvalue weighted by Crippen LogP contribution is 2.39. The molecule has 0 unspecified atom stereocenters. The van der Waals surface area contributed by atoms with Gasteiger partial charge in [0.05, 0.1) is 11.3 Å². The minimum atomic E-state index is -0.250. The molecule has 0 aliphatic heterocycles. The molecule has 0 atom stereocenters. The van der Waals surface area contributed by atoms with Crippen molar-refractivity contribution < 1.29 is 14.3 Å². The van der Waals surface area contributed by atoms with Crippen molar-refractivity contribution in [3.63, 3.8) is 0 Å². The third-order valence-corrected chi connectivity index (χ3v) is 4.29. The highest BCUT2D eigenvalue weighted by Gasteiger charge is 2.33. The molecule has 2 N–H and O–H groups in total. The number of hydrogen-bond donors (Lipinski definition) is 1. The van der Waals surface area contributed by atoms with Crippen LogP contribution in [0.15, 0.2) is 60.7 Å². The zero-order chi connectivity index (χ0) is 17.6. The molecule has 3 aromatic carbocycles. The van der Waals surface area contributed by atoms with Gasteiger partial charge >= 0.3 is 0 Å². The molecular formula is C21H15NO3. The molecule has 1 aliphatic carbocycles. The Morgan fingerprint density at radius 3 is 2.24 bits per heavy atom. The fourth-order valence-electron chi connectivity index (χ4n) is 3.08. The van der Waals surface area contributed by atoms with Crippen LogP contribution >= 0.6 is 0 Å². The van der Waals surface area contributed by atoms with Crippen molar-refractivity contribution in [3.8, 4) is 11.5 Å². The van der Waals surface area contributed by atoms with Crippen LogP contribution in [0.5, 0.6) is 11.5 Å². The molecule has 4 rings (SSSR count). The van der Waals surface area contributed by atoms with Gasteiger partial charge in [-0.05, 0) is 36.8 Å². The summed E-state index contributed by atoms with van der Waals surface area (Å²) in [6.45, 7) is 1.95. The molecule has 0 saturated carbocycles. The third-order valence-electron chi connectivity index (χ3n) is 4.29. The van der Waals surface area contributed by atoms with Crippen LogP contribution in [0.4, 0.5) is 5.69 Å². The summed E-state index contributed by atoms with van der Waals surface area (Å²) >= 11 is 0. The van der Waals surface area contributed by atoms with Crippen LogP contribution in [0.1, 0.15) is 37.4 Å². The van der Waals surface area contributed by atoms with E-state index in [1.807, 2.05) is 25.1 Å². The average Bonchev–Trinajstić information content (AvgIpc) is 2.61. The first-order valence-corrected chi connectivity index (χ1v) is 7.91. The van der Waals surface area contributed by atoms with Gasteiger partial charge in [-0.15, -0.1) is 0 Å². The third kappa shape index (κ3) is 2.39. The summed E-state index contributed by atoms with van der Waals surface area (Å²) in [4.78, 5) is 25.8. The molecule has 0 aromatic heterocycles. The Bertz CT molecular complexity index is 1040. The van der Waals surface area contributed by atoms with E-state index in [0.717, 1.165) is 5.56 Å². The van der Waals surface area contributed by atoms with Gasteiger partial charge in [0, 0.05) is 16.7 Å². The first-order chi connectivity index (χ1) is 12.1. The van der Waals surface area contributed by atoms with E-state index < -0.39 is 0 Å². The van der Waals surface area contributed by atoms with E-state index in [4.69, 9.17) is 10.5 Å². The lowest BCUT2D eigenvalue weighted by Crippen LogP contribution is -2.22. The van der Waals surface area contributed by atoms with Crippen LogP contribution in [-0.2, 0) is 0 Å². The fourth-order valence-corrected chi connectivity index (χ4v) is 3.08. The standard InChI is InChI=1S/C21H15NO3/c1-12-5-4-6-13(11-12)25-21-17(22)10-9-16-18(21)20(24)15-8-3-2-7-14(15)19(16)23/h2-11H,22H2,1H3. The molecule has 3 aromatic rings. The molecule has 4 nitrogen and oxygen atoms in total. The van der Waals surface area contributed by atoms with E-state index in [9.17, 15) is 9.59 Å². The molecule has 4 heteroatoms. The lowest BCUT2D eigenvalue weighted by molar-refractivity contribution is 0.0977. The Hall–Kier alpha value is -3.40. The van der Waals surface area contributed by atoms with Crippen molar-refractivity contribution in [3.05, 3.63) is 88.5 Å². The second-order valence-electron chi connectivity index (χ2n) is 6.03. The molecule has 122 valence electrons. The Morgan fingerprint density at radius 2 is 1.52 bits per heavy atom. The van der Waals surface area contributed by atoms with Gasteiger partial charge in [0.2, 0.25) is 0 Å². The van der Waals surface area contributed by atoms with Gasteiger partial charge in [-0.1, -0.05) is 36.4 Å². The van der Waals surface area contributed by atoms with E-state index in [-0.39, 0.29) is 22.9 Å². The first kappa shape index (κ1) is 15.1. The molecule has 0 bridgehead atoms. The average molecular weight is 329 g/mol. The van der Waals surface area contributed by atoms with Gasteiger partial charge in [-0.3, -0.25) is 9.59 Å². The second kappa shape index (κ2) is 5.60. The maximum atomic E-state index is 13.0. The molecule has 0 heterocycles. The predicted octanol–water partition coefficient (Wildman–Crippen LogP) is 4.14. The topological polar surface area (TPSA) is 69.4 Å². The normalized spacial score (nSPS) is 12.5. The summed E-state index contributed by atoms with van der Waals surface area (Å²) in [7, 11) is 0. The van der Waals surface area contributed by atoms with Gasteiger partial charge in [-0.25, -0.2) is 0 Å². The molecule has 0 fully saturated rings. The van der Waals surface area contributed by atoms with E-state index in [2.05, 4.69) is 0 Å². The van der Waals surface area contributed by atoms with Crippen LogP contribution in [0.25, 0.3) is 0 Å². The largest absolute Gasteiger partial charge is 0.454 e. The number of carbonyl (C=O) groups is 2. The van der Waals surface area contributed by atoms with Crippen LogP contribution in [0.2, 0.25) is 0 Å². The number of benzene rings is 3. The molecule has 1 aliphatic rings. The number of ketones is 2. The fraction of sp³-hybridized carbons (Fsp3) is 0.0476. The zero-order valence-electron chi connectivity index (χ0n) is 13.6. The monoisotopic (exact) mass is 329 g/mol. The summed E-state index contributed by atoms with van der Waals surface area (Å²) in [5, 5.41) is 0. The van der Waals surface area contributed by atoms with Crippen molar-refractivity contribution >= 4 is 17.3 Å². The summed E-state index contributed by atoms with van der Waals surface area (Å²) in [6.07, 6.45) is 0. The lowest BCUT2D eigenvalue weighted by atomic mass is 9.83. The first-order valence-electron chi connectivity index (χ1n) is 7.91. The molecular weight excluding hydrogens is 314 g/mol. The number of nitrogen functional groups attached to an aromatic ring is 1. The van der Waals surface area contributed by atoms with E-state index >= 15 is 0 Å². The van der Waals surface area contributed by atoms with Gasteiger partial charge in [0.25, 0.3) is 0 Å². The number of nitrogens with two attached hydrogens (primary N) is 1. The number of aryl methyl sites for hydroxylation is 1. The van der Waals surface area contributed by atoms with Gasteiger partial charge < -0.3 is 10.5 Å². The number of hydrogen-bond acceptors (Lipinski definition) is 4. The molecule has 0 radical (unpaired) electrons. The maximum Gasteiger partial charge on any atom is 0.198 e. The summed E-state index contributed by atoms with van der Waals surface area (Å²) in [5.41, 5.74) is 8.74. The molecule has 0 amide bonds. The van der Waals surface area contributed by atoms with E-state index in [1.54, 1.807) is 42.5 Å². The highest BCUT2D eigenvalue weighted by molar-refractivity contribution is 6.29. The van der Waals surface area contributed by atoms with Crippen molar-refractivity contribution in [1.82, 2.24) is 0 Å². The smallest absolute Gasteiger partial charge is 0.198 e. The van der Waals surface area contributed by atoms with E-state index in [0.29, 0.717) is 28.1 Å².